The van der Waals surface area contributed by atoms with Crippen LogP contribution in [0.3, 0.4) is 0 Å². The maximum absolute atomic E-state index is 11.9. The van der Waals surface area contributed by atoms with Crippen molar-refractivity contribution in [1.82, 2.24) is 9.55 Å². The van der Waals surface area contributed by atoms with Gasteiger partial charge in [0, 0.05) is 17.8 Å². The van der Waals surface area contributed by atoms with Gasteiger partial charge in [0.1, 0.15) is 11.9 Å². The number of esters is 1. The van der Waals surface area contributed by atoms with Gasteiger partial charge in [-0.2, -0.15) is 0 Å². The van der Waals surface area contributed by atoms with Crippen LogP contribution in [0.4, 0.5) is 0 Å². The summed E-state index contributed by atoms with van der Waals surface area (Å²) in [6, 6.07) is -0.142. The molecule has 1 aliphatic heterocycles. The van der Waals surface area contributed by atoms with Crippen LogP contribution in [0.1, 0.15) is 62.0 Å². The fourth-order valence-electron chi connectivity index (χ4n) is 3.41. The molecule has 4 nitrogen and oxygen atoms in total. The highest BCUT2D eigenvalue weighted by molar-refractivity contribution is 5.74. The van der Waals surface area contributed by atoms with Gasteiger partial charge in [-0.15, -0.1) is 0 Å². The van der Waals surface area contributed by atoms with E-state index in [-0.39, 0.29) is 12.0 Å². The van der Waals surface area contributed by atoms with E-state index in [9.17, 15) is 4.79 Å². The highest BCUT2D eigenvalue weighted by Crippen LogP contribution is 2.37. The van der Waals surface area contributed by atoms with Gasteiger partial charge in [-0.3, -0.25) is 0 Å². The predicted octanol–water partition coefficient (Wildman–Crippen LogP) is 2.59. The van der Waals surface area contributed by atoms with E-state index in [4.69, 9.17) is 4.74 Å². The van der Waals surface area contributed by atoms with Crippen molar-refractivity contribution in [3.05, 3.63) is 17.7 Å². The number of hydrogen-bond acceptors (Lipinski definition) is 3. The van der Waals surface area contributed by atoms with Gasteiger partial charge < -0.3 is 9.30 Å². The summed E-state index contributed by atoms with van der Waals surface area (Å²) >= 11 is 0. The number of ether oxygens (including phenoxy) is 1. The van der Waals surface area contributed by atoms with Gasteiger partial charge in [-0.05, 0) is 32.1 Å². The normalized spacial score (nSPS) is 23.9. The number of imidazole rings is 1. The SMILES string of the molecule is COC(=O)C1CCCc2cnc(C3CCCC3)n21. The van der Waals surface area contributed by atoms with Crippen LogP contribution in [0, 0.1) is 0 Å². The molecule has 1 unspecified atom stereocenters. The topological polar surface area (TPSA) is 44.1 Å². The largest absolute Gasteiger partial charge is 0.467 e. The third-order valence-corrected chi connectivity index (χ3v) is 4.32. The number of hydrogen-bond donors (Lipinski definition) is 0. The molecule has 0 spiro atoms. The molecule has 98 valence electrons. The van der Waals surface area contributed by atoms with Crippen molar-refractivity contribution in [2.45, 2.75) is 56.9 Å². The molecule has 0 N–H and O–H groups in total. The van der Waals surface area contributed by atoms with E-state index in [1.54, 1.807) is 0 Å². The number of fused-ring (bicyclic) bond motifs is 1. The van der Waals surface area contributed by atoms with Crippen LogP contribution >= 0.6 is 0 Å². The summed E-state index contributed by atoms with van der Waals surface area (Å²) < 4.78 is 7.12. The number of rotatable bonds is 2. The van der Waals surface area contributed by atoms with Crippen molar-refractivity contribution in [3.63, 3.8) is 0 Å². The lowest BCUT2D eigenvalue weighted by molar-refractivity contribution is -0.145. The van der Waals surface area contributed by atoms with E-state index in [1.165, 1.54) is 38.5 Å². The molecule has 0 aromatic carbocycles. The van der Waals surface area contributed by atoms with Crippen LogP contribution in [0.15, 0.2) is 6.20 Å². The molecule has 3 rings (SSSR count). The fourth-order valence-corrected chi connectivity index (χ4v) is 3.41. The first-order valence-electron chi connectivity index (χ1n) is 6.95. The highest BCUT2D eigenvalue weighted by Gasteiger charge is 2.32. The second-order valence-electron chi connectivity index (χ2n) is 5.39. The summed E-state index contributed by atoms with van der Waals surface area (Å²) in [5.41, 5.74) is 1.21. The lowest BCUT2D eigenvalue weighted by Gasteiger charge is -2.26. The quantitative estimate of drug-likeness (QED) is 0.756. The Kier molecular flexibility index (Phi) is 3.10. The van der Waals surface area contributed by atoms with Crippen LogP contribution in [-0.4, -0.2) is 22.6 Å². The lowest BCUT2D eigenvalue weighted by Crippen LogP contribution is -2.28. The number of aromatic nitrogens is 2. The molecule has 2 heterocycles. The first-order chi connectivity index (χ1) is 8.81. The van der Waals surface area contributed by atoms with Crippen molar-refractivity contribution >= 4 is 5.97 Å². The Morgan fingerprint density at radius 2 is 2.11 bits per heavy atom. The summed E-state index contributed by atoms with van der Waals surface area (Å²) in [4.78, 5) is 16.5. The molecule has 0 amide bonds. The minimum Gasteiger partial charge on any atom is -0.467 e. The van der Waals surface area contributed by atoms with Gasteiger partial charge in [-0.1, -0.05) is 12.8 Å². The number of carbonyl (C=O) groups excluding carboxylic acids is 1. The molecule has 1 aliphatic carbocycles. The molecule has 1 aromatic rings. The number of aryl methyl sites for hydroxylation is 1. The van der Waals surface area contributed by atoms with E-state index in [1.807, 2.05) is 6.20 Å². The molecule has 0 radical (unpaired) electrons. The first kappa shape index (κ1) is 11.8. The van der Waals surface area contributed by atoms with Crippen LogP contribution in [-0.2, 0) is 16.0 Å². The van der Waals surface area contributed by atoms with Crippen molar-refractivity contribution < 1.29 is 9.53 Å². The van der Waals surface area contributed by atoms with Gasteiger partial charge in [0.15, 0.2) is 0 Å². The number of carbonyl (C=O) groups is 1. The number of nitrogens with zero attached hydrogens (tertiary/aromatic N) is 2. The van der Waals surface area contributed by atoms with Gasteiger partial charge in [0.2, 0.25) is 0 Å². The van der Waals surface area contributed by atoms with Gasteiger partial charge >= 0.3 is 5.97 Å². The fraction of sp³-hybridized carbons (Fsp3) is 0.714. The minimum atomic E-state index is -0.142. The van der Waals surface area contributed by atoms with Crippen LogP contribution in [0.2, 0.25) is 0 Å². The van der Waals surface area contributed by atoms with Gasteiger partial charge in [0.05, 0.1) is 7.11 Å². The van der Waals surface area contributed by atoms with Crippen LogP contribution in [0.25, 0.3) is 0 Å². The van der Waals surface area contributed by atoms with E-state index in [2.05, 4.69) is 9.55 Å². The maximum Gasteiger partial charge on any atom is 0.328 e. The second kappa shape index (κ2) is 4.75. The Hall–Kier alpha value is -1.32. The van der Waals surface area contributed by atoms with Crippen molar-refractivity contribution in [2.24, 2.45) is 0 Å². The van der Waals surface area contributed by atoms with Crippen molar-refractivity contribution in [3.8, 4) is 0 Å². The molecule has 0 saturated heterocycles. The molecule has 1 aromatic heterocycles. The Morgan fingerprint density at radius 1 is 1.33 bits per heavy atom. The molecule has 2 aliphatic rings. The summed E-state index contributed by atoms with van der Waals surface area (Å²) in [6.45, 7) is 0. The monoisotopic (exact) mass is 248 g/mol. The van der Waals surface area contributed by atoms with E-state index in [0.29, 0.717) is 5.92 Å². The minimum absolute atomic E-state index is 0.117. The Morgan fingerprint density at radius 3 is 2.83 bits per heavy atom. The zero-order chi connectivity index (χ0) is 12.5. The van der Waals surface area contributed by atoms with Crippen molar-refractivity contribution in [2.75, 3.05) is 7.11 Å². The van der Waals surface area contributed by atoms with Crippen LogP contribution in [0.5, 0.6) is 0 Å². The average molecular weight is 248 g/mol. The molecule has 1 fully saturated rings. The molecular weight excluding hydrogens is 228 g/mol. The van der Waals surface area contributed by atoms with Gasteiger partial charge in [0.25, 0.3) is 0 Å². The first-order valence-corrected chi connectivity index (χ1v) is 6.95. The second-order valence-corrected chi connectivity index (χ2v) is 5.39. The van der Waals surface area contributed by atoms with E-state index >= 15 is 0 Å². The Bertz CT molecular complexity index is 447. The summed E-state index contributed by atoms with van der Waals surface area (Å²) in [7, 11) is 1.47. The zero-order valence-corrected chi connectivity index (χ0v) is 10.9. The third-order valence-electron chi connectivity index (χ3n) is 4.32. The third kappa shape index (κ3) is 1.84. The number of methoxy groups -OCH3 is 1. The Balaban J connectivity index is 1.97. The van der Waals surface area contributed by atoms with Crippen molar-refractivity contribution in [1.29, 1.82) is 0 Å². The molecule has 1 saturated carbocycles. The summed E-state index contributed by atoms with van der Waals surface area (Å²) in [6.07, 6.45) is 9.93. The summed E-state index contributed by atoms with van der Waals surface area (Å²) in [5, 5.41) is 0. The van der Waals surface area contributed by atoms with Gasteiger partial charge in [-0.25, -0.2) is 9.78 Å². The molecule has 0 bridgehead atoms. The standard InChI is InChI=1S/C14H20N2O2/c1-18-14(17)12-8-4-7-11-9-15-13(16(11)12)10-5-2-3-6-10/h9-10,12H,2-8H2,1H3. The van der Waals surface area contributed by atoms with Crippen LogP contribution < -0.4 is 0 Å². The van der Waals surface area contributed by atoms with E-state index in [0.717, 1.165) is 25.1 Å². The summed E-state index contributed by atoms with van der Waals surface area (Å²) in [5.74, 6) is 1.55. The zero-order valence-electron chi connectivity index (χ0n) is 10.9. The molecule has 1 atom stereocenters. The Labute approximate surface area is 107 Å². The lowest BCUT2D eigenvalue weighted by atomic mass is 10.0. The van der Waals surface area contributed by atoms with E-state index < -0.39 is 0 Å². The average Bonchev–Trinajstić information content (AvgIpc) is 3.05. The molecular formula is C14H20N2O2. The molecule has 4 heteroatoms. The predicted molar refractivity (Wildman–Crippen MR) is 67.4 cm³/mol. The smallest absolute Gasteiger partial charge is 0.328 e. The highest BCUT2D eigenvalue weighted by atomic mass is 16.5. The maximum atomic E-state index is 11.9. The molecule has 18 heavy (non-hydrogen) atoms.